The number of nitrogens with one attached hydrogen (secondary N) is 1. The Morgan fingerprint density at radius 2 is 1.93 bits per heavy atom. The van der Waals surface area contributed by atoms with Gasteiger partial charge in [-0.15, -0.1) is 0 Å². The van der Waals surface area contributed by atoms with Crippen molar-refractivity contribution in [3.8, 4) is 22.8 Å². The van der Waals surface area contributed by atoms with Crippen molar-refractivity contribution < 1.29 is 19.0 Å². The Morgan fingerprint density at radius 1 is 1.10 bits per heavy atom. The second-order valence-electron chi connectivity index (χ2n) is 6.02. The minimum Gasteiger partial charge on any atom is -0.497 e. The summed E-state index contributed by atoms with van der Waals surface area (Å²) in [7, 11) is 3.09. The van der Waals surface area contributed by atoms with E-state index in [-0.39, 0.29) is 6.61 Å². The zero-order valence-electron chi connectivity index (χ0n) is 16.4. The molecule has 3 N–H and O–H groups in total. The molecule has 0 atom stereocenters. The smallest absolute Gasteiger partial charge is 0.338 e. The molecule has 0 aliphatic heterocycles. The van der Waals surface area contributed by atoms with E-state index in [9.17, 15) is 4.79 Å². The predicted molar refractivity (Wildman–Crippen MR) is 111 cm³/mol. The molecule has 0 aliphatic rings. The van der Waals surface area contributed by atoms with E-state index in [4.69, 9.17) is 19.9 Å². The number of anilines is 3. The summed E-state index contributed by atoms with van der Waals surface area (Å²) < 4.78 is 15.5. The molecule has 0 unspecified atom stereocenters. The number of esters is 1. The van der Waals surface area contributed by atoms with Crippen LogP contribution < -0.4 is 20.5 Å². The number of ether oxygens (including phenoxy) is 3. The van der Waals surface area contributed by atoms with Gasteiger partial charge in [0.25, 0.3) is 0 Å². The molecule has 2 aromatic carbocycles. The molecule has 0 spiro atoms. The quantitative estimate of drug-likeness (QED) is 0.462. The summed E-state index contributed by atoms with van der Waals surface area (Å²) in [6, 6.07) is 12.2. The van der Waals surface area contributed by atoms with E-state index in [1.807, 2.05) is 6.07 Å². The average molecular weight is 394 g/mol. The van der Waals surface area contributed by atoms with Gasteiger partial charge in [-0.05, 0) is 43.3 Å². The van der Waals surface area contributed by atoms with Gasteiger partial charge in [0.05, 0.1) is 37.8 Å². The minimum absolute atomic E-state index is 0.287. The van der Waals surface area contributed by atoms with Gasteiger partial charge < -0.3 is 25.3 Å². The second kappa shape index (κ2) is 8.92. The summed E-state index contributed by atoms with van der Waals surface area (Å²) in [6.07, 6.45) is 1.64. The molecule has 29 heavy (non-hydrogen) atoms. The first-order valence-electron chi connectivity index (χ1n) is 8.94. The van der Waals surface area contributed by atoms with Crippen LogP contribution in [0.1, 0.15) is 17.3 Å². The molecule has 0 aliphatic carbocycles. The van der Waals surface area contributed by atoms with Crippen molar-refractivity contribution in [2.45, 2.75) is 6.92 Å². The molecule has 3 aromatic rings. The van der Waals surface area contributed by atoms with Crippen LogP contribution in [0, 0.1) is 0 Å². The standard InChI is InChI=1S/C21H22N4O4/c1-4-29-20(26)14-9-15(12-16(10-14)27-2)24-21-23-8-7-18(25-21)13-5-6-19(28-3)17(22)11-13/h5-12H,4,22H2,1-3H3,(H,23,24,25). The summed E-state index contributed by atoms with van der Waals surface area (Å²) >= 11 is 0. The number of hydrogen-bond donors (Lipinski definition) is 2. The number of nitrogen functional groups attached to an aromatic ring is 1. The van der Waals surface area contributed by atoms with Gasteiger partial charge in [0.1, 0.15) is 11.5 Å². The van der Waals surface area contributed by atoms with E-state index in [0.717, 1.165) is 5.56 Å². The predicted octanol–water partition coefficient (Wildman–Crippen LogP) is 3.66. The number of carbonyl (C=O) groups is 1. The van der Waals surface area contributed by atoms with Gasteiger partial charge in [-0.3, -0.25) is 0 Å². The Bertz CT molecular complexity index is 1020. The SMILES string of the molecule is CCOC(=O)c1cc(Nc2nccc(-c3ccc(OC)c(N)c3)n2)cc(OC)c1. The van der Waals surface area contributed by atoms with E-state index in [1.165, 1.54) is 7.11 Å². The van der Waals surface area contributed by atoms with Crippen LogP contribution in [0.25, 0.3) is 11.3 Å². The van der Waals surface area contributed by atoms with Gasteiger partial charge in [-0.2, -0.15) is 0 Å². The zero-order chi connectivity index (χ0) is 20.8. The number of carbonyl (C=O) groups excluding carboxylic acids is 1. The highest BCUT2D eigenvalue weighted by Crippen LogP contribution is 2.28. The normalized spacial score (nSPS) is 10.3. The first-order valence-corrected chi connectivity index (χ1v) is 8.94. The number of hydrogen-bond acceptors (Lipinski definition) is 8. The molecule has 1 aromatic heterocycles. The number of nitrogens with two attached hydrogens (primary N) is 1. The van der Waals surface area contributed by atoms with Crippen LogP contribution in [0.15, 0.2) is 48.7 Å². The van der Waals surface area contributed by atoms with E-state index < -0.39 is 5.97 Å². The fourth-order valence-electron chi connectivity index (χ4n) is 2.72. The Kier molecular flexibility index (Phi) is 6.13. The molecule has 8 nitrogen and oxygen atoms in total. The number of methoxy groups -OCH3 is 2. The maximum absolute atomic E-state index is 12.1. The largest absolute Gasteiger partial charge is 0.497 e. The molecule has 0 saturated carbocycles. The van der Waals surface area contributed by atoms with Crippen LogP contribution in [0.2, 0.25) is 0 Å². The Labute approximate surface area is 168 Å². The van der Waals surface area contributed by atoms with Gasteiger partial charge in [0.2, 0.25) is 5.95 Å². The number of rotatable bonds is 7. The molecular weight excluding hydrogens is 372 g/mol. The van der Waals surface area contributed by atoms with Crippen molar-refractivity contribution in [2.24, 2.45) is 0 Å². The first-order chi connectivity index (χ1) is 14.0. The first kappa shape index (κ1) is 19.9. The summed E-state index contributed by atoms with van der Waals surface area (Å²) in [4.78, 5) is 20.9. The van der Waals surface area contributed by atoms with Crippen molar-refractivity contribution in [1.29, 1.82) is 0 Å². The second-order valence-corrected chi connectivity index (χ2v) is 6.02. The lowest BCUT2D eigenvalue weighted by molar-refractivity contribution is 0.0526. The maximum atomic E-state index is 12.1. The highest BCUT2D eigenvalue weighted by molar-refractivity contribution is 5.91. The molecule has 8 heteroatoms. The third-order valence-corrected chi connectivity index (χ3v) is 4.09. The lowest BCUT2D eigenvalue weighted by Crippen LogP contribution is -2.06. The molecule has 0 radical (unpaired) electrons. The zero-order valence-corrected chi connectivity index (χ0v) is 16.4. The summed E-state index contributed by atoms with van der Waals surface area (Å²) in [5.41, 5.74) is 8.98. The molecule has 0 bridgehead atoms. The highest BCUT2D eigenvalue weighted by Gasteiger charge is 2.12. The van der Waals surface area contributed by atoms with Crippen molar-refractivity contribution >= 4 is 23.3 Å². The highest BCUT2D eigenvalue weighted by atomic mass is 16.5. The molecule has 0 amide bonds. The van der Waals surface area contributed by atoms with Gasteiger partial charge in [-0.1, -0.05) is 0 Å². The number of aromatic nitrogens is 2. The van der Waals surface area contributed by atoms with Gasteiger partial charge in [-0.25, -0.2) is 14.8 Å². The molecule has 3 rings (SSSR count). The van der Waals surface area contributed by atoms with Crippen molar-refractivity contribution in [3.05, 3.63) is 54.2 Å². The number of benzene rings is 2. The van der Waals surface area contributed by atoms with Crippen LogP contribution >= 0.6 is 0 Å². The Hall–Kier alpha value is -3.81. The molecule has 0 saturated heterocycles. The number of nitrogens with zero attached hydrogens (tertiary/aromatic N) is 2. The van der Waals surface area contributed by atoms with Crippen molar-refractivity contribution in [2.75, 3.05) is 31.9 Å². The summed E-state index contributed by atoms with van der Waals surface area (Å²) in [6.45, 7) is 2.04. The van der Waals surface area contributed by atoms with Gasteiger partial charge in [0.15, 0.2) is 0 Å². The maximum Gasteiger partial charge on any atom is 0.338 e. The summed E-state index contributed by atoms with van der Waals surface area (Å²) in [5, 5.41) is 3.10. The summed E-state index contributed by atoms with van der Waals surface area (Å²) in [5.74, 6) is 1.04. The monoisotopic (exact) mass is 394 g/mol. The van der Waals surface area contributed by atoms with Crippen LogP contribution in [0.3, 0.4) is 0 Å². The average Bonchev–Trinajstić information content (AvgIpc) is 2.73. The Morgan fingerprint density at radius 3 is 2.62 bits per heavy atom. The lowest BCUT2D eigenvalue weighted by Gasteiger charge is -2.11. The third-order valence-electron chi connectivity index (χ3n) is 4.09. The third kappa shape index (κ3) is 4.73. The molecular formula is C21H22N4O4. The topological polar surface area (TPSA) is 109 Å². The molecule has 150 valence electrons. The van der Waals surface area contributed by atoms with E-state index in [2.05, 4.69) is 15.3 Å². The van der Waals surface area contributed by atoms with Gasteiger partial charge >= 0.3 is 5.97 Å². The van der Waals surface area contributed by atoms with E-state index in [1.54, 1.807) is 56.6 Å². The Balaban J connectivity index is 1.89. The lowest BCUT2D eigenvalue weighted by atomic mass is 10.1. The van der Waals surface area contributed by atoms with E-state index >= 15 is 0 Å². The van der Waals surface area contributed by atoms with Crippen LogP contribution in [0.4, 0.5) is 17.3 Å². The minimum atomic E-state index is -0.433. The fourth-order valence-corrected chi connectivity index (χ4v) is 2.72. The van der Waals surface area contributed by atoms with E-state index in [0.29, 0.717) is 40.1 Å². The fraction of sp³-hybridized carbons (Fsp3) is 0.190. The molecule has 1 heterocycles. The van der Waals surface area contributed by atoms with Crippen LogP contribution in [-0.2, 0) is 4.74 Å². The molecule has 0 fully saturated rings. The van der Waals surface area contributed by atoms with Gasteiger partial charge in [0, 0.05) is 23.5 Å². The van der Waals surface area contributed by atoms with Crippen LogP contribution in [0.5, 0.6) is 11.5 Å². The van der Waals surface area contributed by atoms with Crippen molar-refractivity contribution in [3.63, 3.8) is 0 Å². The van der Waals surface area contributed by atoms with Crippen molar-refractivity contribution in [1.82, 2.24) is 9.97 Å². The van der Waals surface area contributed by atoms with Crippen LogP contribution in [-0.4, -0.2) is 36.8 Å².